The average molecular weight is 399 g/mol. The number of carbonyl (C=O) groups is 1. The van der Waals surface area contributed by atoms with E-state index in [-0.39, 0.29) is 11.6 Å². The van der Waals surface area contributed by atoms with Gasteiger partial charge in [0, 0.05) is 6.92 Å². The third-order valence-corrected chi connectivity index (χ3v) is 6.85. The summed E-state index contributed by atoms with van der Waals surface area (Å²) in [5, 5.41) is 0. The largest absolute Gasteiger partial charge is 0.483 e. The number of esters is 1. The predicted molar refractivity (Wildman–Crippen MR) is 120 cm³/mol. The van der Waals surface area contributed by atoms with Gasteiger partial charge in [0.1, 0.15) is 17.1 Å². The van der Waals surface area contributed by atoms with Crippen molar-refractivity contribution >= 4 is 11.5 Å². The van der Waals surface area contributed by atoms with Crippen LogP contribution in [0.15, 0.2) is 17.7 Å². The summed E-state index contributed by atoms with van der Waals surface area (Å²) in [5.74, 6) is 2.26. The van der Waals surface area contributed by atoms with E-state index in [0.29, 0.717) is 17.6 Å². The van der Waals surface area contributed by atoms with Crippen LogP contribution in [0.25, 0.3) is 5.57 Å². The van der Waals surface area contributed by atoms with Crippen LogP contribution in [-0.2, 0) is 4.79 Å². The Labute approximate surface area is 176 Å². The minimum absolute atomic E-state index is 0.268. The van der Waals surface area contributed by atoms with Crippen LogP contribution in [0.2, 0.25) is 0 Å². The third-order valence-electron chi connectivity index (χ3n) is 6.85. The summed E-state index contributed by atoms with van der Waals surface area (Å²) >= 11 is 0. The van der Waals surface area contributed by atoms with Gasteiger partial charge in [-0.15, -0.1) is 0 Å². The van der Waals surface area contributed by atoms with Crippen LogP contribution >= 0.6 is 0 Å². The van der Waals surface area contributed by atoms with E-state index in [0.717, 1.165) is 24.2 Å². The van der Waals surface area contributed by atoms with E-state index in [4.69, 9.17) is 9.47 Å². The van der Waals surface area contributed by atoms with Crippen molar-refractivity contribution in [1.29, 1.82) is 0 Å². The summed E-state index contributed by atoms with van der Waals surface area (Å²) in [4.78, 5) is 11.9. The van der Waals surface area contributed by atoms with Crippen molar-refractivity contribution in [3.8, 4) is 11.5 Å². The molecule has 3 nitrogen and oxygen atoms in total. The molecule has 3 rings (SSSR count). The number of ether oxygens (including phenoxy) is 2. The summed E-state index contributed by atoms with van der Waals surface area (Å²) in [6.07, 6.45) is 9.50. The zero-order valence-corrected chi connectivity index (χ0v) is 19.2. The summed E-state index contributed by atoms with van der Waals surface area (Å²) < 4.78 is 12.3. The van der Waals surface area contributed by atoms with E-state index in [1.807, 2.05) is 0 Å². The summed E-state index contributed by atoms with van der Waals surface area (Å²) in [5.41, 5.74) is 4.64. The van der Waals surface area contributed by atoms with Gasteiger partial charge in [-0.25, -0.2) is 0 Å². The molecule has 1 aromatic carbocycles. The molecule has 0 aromatic heterocycles. The second-order valence-corrected chi connectivity index (χ2v) is 9.52. The Morgan fingerprint density at radius 2 is 1.90 bits per heavy atom. The average Bonchev–Trinajstić information content (AvgIpc) is 2.66. The normalized spacial score (nSPS) is 19.7. The van der Waals surface area contributed by atoms with Gasteiger partial charge in [0.15, 0.2) is 0 Å². The zero-order chi connectivity index (χ0) is 21.2. The molecule has 1 aliphatic heterocycles. The van der Waals surface area contributed by atoms with Gasteiger partial charge in [0.25, 0.3) is 0 Å². The molecule has 0 fully saturated rings. The number of unbranched alkanes of at least 4 members (excludes halogenated alkanes) is 2. The Kier molecular flexibility index (Phi) is 6.76. The Balaban J connectivity index is 2.03. The molecule has 2 aliphatic rings. The summed E-state index contributed by atoms with van der Waals surface area (Å²) in [6.45, 7) is 12.7. The molecule has 160 valence electrons. The van der Waals surface area contributed by atoms with Crippen LogP contribution in [-0.4, -0.2) is 11.6 Å². The summed E-state index contributed by atoms with van der Waals surface area (Å²) in [7, 11) is 0. The van der Waals surface area contributed by atoms with Crippen LogP contribution in [0.1, 0.15) is 110 Å². The fourth-order valence-corrected chi connectivity index (χ4v) is 4.96. The maximum atomic E-state index is 11.9. The minimum Gasteiger partial charge on any atom is -0.483 e. The van der Waals surface area contributed by atoms with Gasteiger partial charge in [-0.3, -0.25) is 4.79 Å². The van der Waals surface area contributed by atoms with Crippen molar-refractivity contribution in [1.82, 2.24) is 0 Å². The molecule has 1 aliphatic carbocycles. The molecule has 29 heavy (non-hydrogen) atoms. The first kappa shape index (κ1) is 21.9. The predicted octanol–water partition coefficient (Wildman–Crippen LogP) is 7.43. The number of hydrogen-bond donors (Lipinski definition) is 0. The van der Waals surface area contributed by atoms with Crippen molar-refractivity contribution in [3.63, 3.8) is 0 Å². The molecule has 2 unspecified atom stereocenters. The van der Waals surface area contributed by atoms with Gasteiger partial charge in [-0.2, -0.15) is 0 Å². The van der Waals surface area contributed by atoms with E-state index in [1.165, 1.54) is 62.2 Å². The first-order valence-corrected chi connectivity index (χ1v) is 11.5. The van der Waals surface area contributed by atoms with Gasteiger partial charge in [-0.1, -0.05) is 46.5 Å². The molecule has 0 N–H and O–H groups in total. The number of hydrogen-bond acceptors (Lipinski definition) is 3. The van der Waals surface area contributed by atoms with Crippen molar-refractivity contribution < 1.29 is 14.3 Å². The molecule has 0 radical (unpaired) electrons. The van der Waals surface area contributed by atoms with Crippen LogP contribution in [0, 0.1) is 5.92 Å². The van der Waals surface area contributed by atoms with Gasteiger partial charge >= 0.3 is 5.97 Å². The fraction of sp³-hybridized carbons (Fsp3) is 0.654. The topological polar surface area (TPSA) is 35.5 Å². The highest BCUT2D eigenvalue weighted by Gasteiger charge is 2.38. The molecule has 0 bridgehead atoms. The molecule has 0 spiro atoms. The van der Waals surface area contributed by atoms with Crippen molar-refractivity contribution in [2.75, 3.05) is 0 Å². The smallest absolute Gasteiger partial charge is 0.308 e. The van der Waals surface area contributed by atoms with Crippen LogP contribution in [0.5, 0.6) is 11.5 Å². The Morgan fingerprint density at radius 1 is 1.17 bits per heavy atom. The monoisotopic (exact) mass is 398 g/mol. The van der Waals surface area contributed by atoms with Gasteiger partial charge < -0.3 is 9.47 Å². The minimum atomic E-state index is -0.301. The molecule has 0 amide bonds. The van der Waals surface area contributed by atoms with Gasteiger partial charge in [0.05, 0.1) is 5.56 Å². The number of allylic oxidation sites excluding steroid dienone is 1. The Morgan fingerprint density at radius 3 is 2.59 bits per heavy atom. The van der Waals surface area contributed by atoms with Crippen LogP contribution in [0.4, 0.5) is 0 Å². The second kappa shape index (κ2) is 8.93. The molecule has 3 heteroatoms. The lowest BCUT2D eigenvalue weighted by molar-refractivity contribution is -0.131. The standard InChI is InChI=1S/C26H38O3/c1-7-8-9-12-17(2)18(3)20-15-23(28-19(4)27)25-21-13-10-11-14-22(21)26(5,6)29-24(25)16-20/h15-18H,7-14H2,1-6H3. The van der Waals surface area contributed by atoms with Crippen LogP contribution < -0.4 is 9.47 Å². The highest BCUT2D eigenvalue weighted by molar-refractivity contribution is 5.83. The van der Waals surface area contributed by atoms with Crippen LogP contribution in [0.3, 0.4) is 0 Å². The highest BCUT2D eigenvalue weighted by Crippen LogP contribution is 2.51. The lowest BCUT2D eigenvalue weighted by atomic mass is 9.76. The molecule has 1 aromatic rings. The second-order valence-electron chi connectivity index (χ2n) is 9.52. The lowest BCUT2D eigenvalue weighted by Crippen LogP contribution is -2.36. The first-order valence-electron chi connectivity index (χ1n) is 11.5. The zero-order valence-electron chi connectivity index (χ0n) is 19.2. The molecular formula is C26H38O3. The molecule has 2 atom stereocenters. The van der Waals surface area contributed by atoms with Gasteiger partial charge in [-0.05, 0) is 80.2 Å². The Hall–Kier alpha value is -1.77. The quantitative estimate of drug-likeness (QED) is 0.272. The Bertz CT molecular complexity index is 787. The SMILES string of the molecule is CCCCCC(C)C(C)c1cc(OC(C)=O)c2c(c1)OC(C)(C)C1=C2CCCC1. The number of benzene rings is 1. The van der Waals surface area contributed by atoms with E-state index in [2.05, 4.69) is 46.8 Å². The molecule has 0 saturated carbocycles. The number of carbonyl (C=O) groups excluding carboxylic acids is 1. The number of fused-ring (bicyclic) bond motifs is 2. The van der Waals surface area contributed by atoms with E-state index < -0.39 is 0 Å². The fourth-order valence-electron chi connectivity index (χ4n) is 4.96. The van der Waals surface area contributed by atoms with Gasteiger partial charge in [0.2, 0.25) is 0 Å². The van der Waals surface area contributed by atoms with Crippen molar-refractivity contribution in [2.45, 2.75) is 104 Å². The summed E-state index contributed by atoms with van der Waals surface area (Å²) in [6, 6.07) is 4.31. The van der Waals surface area contributed by atoms with Crippen molar-refractivity contribution in [2.24, 2.45) is 5.92 Å². The molecular weight excluding hydrogens is 360 g/mol. The maximum absolute atomic E-state index is 11.9. The third kappa shape index (κ3) is 4.70. The number of rotatable bonds is 7. The van der Waals surface area contributed by atoms with E-state index >= 15 is 0 Å². The van der Waals surface area contributed by atoms with Crippen molar-refractivity contribution in [3.05, 3.63) is 28.8 Å². The maximum Gasteiger partial charge on any atom is 0.308 e. The molecule has 0 saturated heterocycles. The lowest BCUT2D eigenvalue weighted by Gasteiger charge is -2.40. The first-order chi connectivity index (χ1) is 13.7. The molecule has 1 heterocycles. The highest BCUT2D eigenvalue weighted by atomic mass is 16.5. The van der Waals surface area contributed by atoms with E-state index in [9.17, 15) is 4.79 Å². The van der Waals surface area contributed by atoms with E-state index in [1.54, 1.807) is 0 Å².